The molecule has 0 radical (unpaired) electrons. The Morgan fingerprint density at radius 1 is 1.24 bits per heavy atom. The molecule has 0 unspecified atom stereocenters. The highest BCUT2D eigenvalue weighted by molar-refractivity contribution is 9.10. The van der Waals surface area contributed by atoms with Crippen molar-refractivity contribution in [2.45, 2.75) is 42.5 Å². The summed E-state index contributed by atoms with van der Waals surface area (Å²) in [5.41, 5.74) is -0.538. The fourth-order valence-corrected chi connectivity index (χ4v) is 3.66. The van der Waals surface area contributed by atoms with Gasteiger partial charge in [0.2, 0.25) is 5.91 Å². The molecule has 4 nitrogen and oxygen atoms in total. The highest BCUT2D eigenvalue weighted by atomic mass is 79.9. The lowest BCUT2D eigenvalue weighted by Crippen LogP contribution is -2.48. The zero-order chi connectivity index (χ0) is 15.3. The number of carbonyl (C=O) groups excluding carboxylic acids is 1. The molecule has 0 saturated heterocycles. The van der Waals surface area contributed by atoms with Gasteiger partial charge in [0.1, 0.15) is 0 Å². The van der Waals surface area contributed by atoms with E-state index >= 15 is 0 Å². The number of carboxylic acids is 1. The Morgan fingerprint density at radius 2 is 1.86 bits per heavy atom. The number of halogens is 1. The second-order valence-electron chi connectivity index (χ2n) is 5.35. The summed E-state index contributed by atoms with van der Waals surface area (Å²) in [5, 5.41) is 12.0. The van der Waals surface area contributed by atoms with Crippen molar-refractivity contribution in [3.8, 4) is 0 Å². The van der Waals surface area contributed by atoms with Crippen LogP contribution in [0.15, 0.2) is 33.6 Å². The fourth-order valence-electron chi connectivity index (χ4n) is 2.70. The first-order valence-electron chi connectivity index (χ1n) is 6.90. The summed E-state index contributed by atoms with van der Waals surface area (Å²) in [6.07, 6.45) is 3.49. The van der Waals surface area contributed by atoms with Crippen molar-refractivity contribution in [2.24, 2.45) is 0 Å². The second kappa shape index (κ2) is 7.31. The van der Waals surface area contributed by atoms with Gasteiger partial charge in [-0.1, -0.05) is 28.8 Å². The van der Waals surface area contributed by atoms with Gasteiger partial charge in [0, 0.05) is 9.37 Å². The summed E-state index contributed by atoms with van der Waals surface area (Å²) in [4.78, 5) is 24.1. The van der Waals surface area contributed by atoms with Crippen LogP contribution in [0.3, 0.4) is 0 Å². The van der Waals surface area contributed by atoms with Crippen LogP contribution < -0.4 is 5.32 Å². The summed E-state index contributed by atoms with van der Waals surface area (Å²) in [7, 11) is 0. The predicted octanol–water partition coefficient (Wildman–Crippen LogP) is 3.44. The van der Waals surface area contributed by atoms with Crippen molar-refractivity contribution in [1.29, 1.82) is 0 Å². The number of nitrogens with one attached hydrogen (secondary N) is 1. The van der Waals surface area contributed by atoms with Crippen LogP contribution in [0.5, 0.6) is 0 Å². The Labute approximate surface area is 136 Å². The minimum atomic E-state index is -0.849. The minimum absolute atomic E-state index is 0.0156. The monoisotopic (exact) mass is 371 g/mol. The molecule has 0 bridgehead atoms. The number of benzene rings is 1. The van der Waals surface area contributed by atoms with Crippen LogP contribution in [-0.4, -0.2) is 28.3 Å². The first-order valence-corrected chi connectivity index (χ1v) is 8.68. The van der Waals surface area contributed by atoms with Gasteiger partial charge in [0.25, 0.3) is 0 Å². The van der Waals surface area contributed by atoms with Gasteiger partial charge >= 0.3 is 5.97 Å². The van der Waals surface area contributed by atoms with E-state index in [1.54, 1.807) is 0 Å². The van der Waals surface area contributed by atoms with Crippen LogP contribution in [0.2, 0.25) is 0 Å². The number of amides is 1. The highest BCUT2D eigenvalue weighted by Gasteiger charge is 2.37. The lowest BCUT2D eigenvalue weighted by Gasteiger charge is -2.28. The van der Waals surface area contributed by atoms with E-state index < -0.39 is 11.5 Å². The molecule has 0 spiro atoms. The van der Waals surface area contributed by atoms with Crippen molar-refractivity contribution in [2.75, 3.05) is 5.75 Å². The number of hydrogen-bond acceptors (Lipinski definition) is 3. The van der Waals surface area contributed by atoms with Crippen molar-refractivity contribution in [3.05, 3.63) is 28.7 Å². The first kappa shape index (κ1) is 16.4. The normalized spacial score (nSPS) is 16.6. The average molecular weight is 372 g/mol. The van der Waals surface area contributed by atoms with E-state index in [0.717, 1.165) is 35.1 Å². The lowest BCUT2D eigenvalue weighted by molar-refractivity contribution is -0.139. The molecule has 2 rings (SSSR count). The molecular formula is C15H18BrNO3S. The van der Waals surface area contributed by atoms with E-state index in [1.807, 2.05) is 24.3 Å². The Hall–Kier alpha value is -1.01. The maximum atomic E-state index is 12.1. The molecule has 0 atom stereocenters. The van der Waals surface area contributed by atoms with Gasteiger partial charge in [-0.3, -0.25) is 9.59 Å². The molecule has 1 amide bonds. The number of hydrogen-bond donors (Lipinski definition) is 2. The van der Waals surface area contributed by atoms with Crippen LogP contribution in [-0.2, 0) is 9.59 Å². The molecule has 1 saturated carbocycles. The molecule has 2 N–H and O–H groups in total. The molecule has 114 valence electrons. The summed E-state index contributed by atoms with van der Waals surface area (Å²) in [6.45, 7) is 0. The molecule has 1 aliphatic carbocycles. The number of carbonyl (C=O) groups is 2. The Bertz CT molecular complexity index is 512. The van der Waals surface area contributed by atoms with E-state index in [1.165, 1.54) is 11.8 Å². The zero-order valence-corrected chi connectivity index (χ0v) is 14.0. The van der Waals surface area contributed by atoms with E-state index in [2.05, 4.69) is 21.2 Å². The summed E-state index contributed by atoms with van der Waals surface area (Å²) in [6, 6.07) is 7.77. The summed E-state index contributed by atoms with van der Waals surface area (Å²) < 4.78 is 1.00. The van der Waals surface area contributed by atoms with Crippen LogP contribution in [0.1, 0.15) is 32.1 Å². The number of rotatable bonds is 6. The topological polar surface area (TPSA) is 66.4 Å². The molecule has 0 aliphatic heterocycles. The van der Waals surface area contributed by atoms with Crippen molar-refractivity contribution >= 4 is 39.6 Å². The Balaban J connectivity index is 1.87. The predicted molar refractivity (Wildman–Crippen MR) is 86.5 cm³/mol. The van der Waals surface area contributed by atoms with Crippen LogP contribution in [0.25, 0.3) is 0 Å². The Kier molecular flexibility index (Phi) is 5.70. The van der Waals surface area contributed by atoms with Gasteiger partial charge in [-0.2, -0.15) is 0 Å². The van der Waals surface area contributed by atoms with Gasteiger partial charge in [-0.05, 0) is 37.1 Å². The number of carboxylic acid groups (broad SMARTS) is 1. The molecule has 1 fully saturated rings. The maximum absolute atomic E-state index is 12.1. The smallest absolute Gasteiger partial charge is 0.305 e. The molecule has 1 aromatic carbocycles. The second-order valence-corrected chi connectivity index (χ2v) is 7.31. The van der Waals surface area contributed by atoms with E-state index in [0.29, 0.717) is 5.75 Å². The molecular weight excluding hydrogens is 354 g/mol. The average Bonchev–Trinajstić information content (AvgIpc) is 2.85. The van der Waals surface area contributed by atoms with Crippen molar-refractivity contribution < 1.29 is 14.7 Å². The largest absolute Gasteiger partial charge is 0.481 e. The molecule has 1 aliphatic rings. The van der Waals surface area contributed by atoms with Gasteiger partial charge in [-0.25, -0.2) is 0 Å². The molecule has 1 aromatic rings. The highest BCUT2D eigenvalue weighted by Crippen LogP contribution is 2.33. The third-order valence-electron chi connectivity index (χ3n) is 3.64. The number of thioether (sulfide) groups is 1. The van der Waals surface area contributed by atoms with Gasteiger partial charge in [-0.15, -0.1) is 11.8 Å². The van der Waals surface area contributed by atoms with Gasteiger partial charge < -0.3 is 10.4 Å². The summed E-state index contributed by atoms with van der Waals surface area (Å²) in [5.74, 6) is -0.632. The maximum Gasteiger partial charge on any atom is 0.305 e. The van der Waals surface area contributed by atoms with E-state index in [4.69, 9.17) is 5.11 Å². The van der Waals surface area contributed by atoms with Crippen molar-refractivity contribution in [1.82, 2.24) is 5.32 Å². The molecule has 6 heteroatoms. The number of aliphatic carboxylic acids is 1. The summed E-state index contributed by atoms with van der Waals surface area (Å²) >= 11 is 4.83. The minimum Gasteiger partial charge on any atom is -0.481 e. The fraction of sp³-hybridized carbons (Fsp3) is 0.467. The zero-order valence-electron chi connectivity index (χ0n) is 11.6. The third kappa shape index (κ3) is 5.04. The van der Waals surface area contributed by atoms with Crippen LogP contribution in [0.4, 0.5) is 0 Å². The van der Waals surface area contributed by atoms with E-state index in [-0.39, 0.29) is 12.3 Å². The van der Waals surface area contributed by atoms with Gasteiger partial charge in [0.05, 0.1) is 17.7 Å². The standard InChI is InChI=1S/C15H18BrNO3S/c16-11-3-5-12(6-4-11)21-10-13(18)17-15(9-14(19)20)7-1-2-8-15/h3-6H,1-2,7-10H2,(H,17,18)(H,19,20). The molecule has 21 heavy (non-hydrogen) atoms. The van der Waals surface area contributed by atoms with Gasteiger partial charge in [0.15, 0.2) is 0 Å². The van der Waals surface area contributed by atoms with Crippen LogP contribution in [0, 0.1) is 0 Å². The Morgan fingerprint density at radius 3 is 2.43 bits per heavy atom. The van der Waals surface area contributed by atoms with Crippen molar-refractivity contribution in [3.63, 3.8) is 0 Å². The quantitative estimate of drug-likeness (QED) is 0.751. The first-order chi connectivity index (χ1) is 9.99. The molecule has 0 aromatic heterocycles. The van der Waals surface area contributed by atoms with Crippen LogP contribution >= 0.6 is 27.7 Å². The lowest BCUT2D eigenvalue weighted by atomic mass is 9.93. The van der Waals surface area contributed by atoms with E-state index in [9.17, 15) is 9.59 Å². The SMILES string of the molecule is O=C(O)CC1(NC(=O)CSc2ccc(Br)cc2)CCCC1. The third-order valence-corrected chi connectivity index (χ3v) is 5.18. The molecule has 0 heterocycles.